The summed E-state index contributed by atoms with van der Waals surface area (Å²) in [6.07, 6.45) is 1.91. The Morgan fingerprint density at radius 1 is 1.30 bits per heavy atom. The molecule has 0 heterocycles. The zero-order valence-electron chi connectivity index (χ0n) is 10.7. The van der Waals surface area contributed by atoms with E-state index >= 15 is 0 Å². The fourth-order valence-electron chi connectivity index (χ4n) is 1.69. The minimum atomic E-state index is -1.16. The second-order valence-electron chi connectivity index (χ2n) is 4.28. The lowest BCUT2D eigenvalue weighted by atomic mass is 10.1. The molecule has 1 aromatic rings. The number of aliphatic carboxylic acids is 1. The Kier molecular flexibility index (Phi) is 5.83. The molecule has 0 saturated carbocycles. The Morgan fingerprint density at radius 3 is 2.40 bits per heavy atom. The average Bonchev–Trinajstić information content (AvgIpc) is 2.32. The van der Waals surface area contributed by atoms with E-state index < -0.39 is 29.6 Å². The lowest BCUT2D eigenvalue weighted by molar-refractivity contribution is -0.141. The maximum Gasteiger partial charge on any atom is 0.326 e. The standard InChI is InChI=1S/C14H15F2NO3/c1-2-3-4-12(14(19)20)17-13(18)7-9-5-10(15)8-11(16)6-9/h2,5-6,8,12H,1,3-4,7H2,(H,17,18)(H,19,20)/t12-/m1/s1. The minimum absolute atomic E-state index is 0.146. The van der Waals surface area contributed by atoms with Gasteiger partial charge in [-0.2, -0.15) is 0 Å². The number of halogens is 2. The van der Waals surface area contributed by atoms with Gasteiger partial charge in [0.25, 0.3) is 0 Å². The predicted octanol–water partition coefficient (Wildman–Crippen LogP) is 2.04. The third-order valence-corrected chi connectivity index (χ3v) is 2.58. The van der Waals surface area contributed by atoms with Crippen LogP contribution >= 0.6 is 0 Å². The first-order chi connectivity index (χ1) is 9.42. The molecule has 1 amide bonds. The molecule has 1 atom stereocenters. The number of hydrogen-bond donors (Lipinski definition) is 2. The van der Waals surface area contributed by atoms with E-state index in [1.807, 2.05) is 0 Å². The van der Waals surface area contributed by atoms with Crippen LogP contribution in [0, 0.1) is 11.6 Å². The van der Waals surface area contributed by atoms with Crippen molar-refractivity contribution in [1.82, 2.24) is 5.32 Å². The molecule has 0 aliphatic carbocycles. The van der Waals surface area contributed by atoms with Crippen molar-refractivity contribution in [2.45, 2.75) is 25.3 Å². The van der Waals surface area contributed by atoms with Crippen LogP contribution in [0.5, 0.6) is 0 Å². The quantitative estimate of drug-likeness (QED) is 0.753. The van der Waals surface area contributed by atoms with Crippen molar-refractivity contribution in [2.24, 2.45) is 0 Å². The average molecular weight is 283 g/mol. The first-order valence-corrected chi connectivity index (χ1v) is 6.00. The van der Waals surface area contributed by atoms with Gasteiger partial charge in [-0.3, -0.25) is 4.79 Å². The largest absolute Gasteiger partial charge is 0.480 e. The van der Waals surface area contributed by atoms with E-state index in [9.17, 15) is 18.4 Å². The van der Waals surface area contributed by atoms with Crippen molar-refractivity contribution in [1.29, 1.82) is 0 Å². The molecule has 1 rings (SSSR count). The molecule has 108 valence electrons. The molecule has 0 saturated heterocycles. The summed E-state index contributed by atoms with van der Waals surface area (Å²) < 4.78 is 25.9. The van der Waals surface area contributed by atoms with Gasteiger partial charge in [0.1, 0.15) is 17.7 Å². The summed E-state index contributed by atoms with van der Waals surface area (Å²) in [4.78, 5) is 22.6. The lowest BCUT2D eigenvalue weighted by Crippen LogP contribution is -2.41. The van der Waals surface area contributed by atoms with Crippen LogP contribution in [0.25, 0.3) is 0 Å². The molecule has 2 N–H and O–H groups in total. The maximum atomic E-state index is 13.0. The van der Waals surface area contributed by atoms with E-state index in [1.165, 1.54) is 0 Å². The van der Waals surface area contributed by atoms with Crippen molar-refractivity contribution >= 4 is 11.9 Å². The van der Waals surface area contributed by atoms with Crippen LogP contribution in [0.4, 0.5) is 8.78 Å². The fraction of sp³-hybridized carbons (Fsp3) is 0.286. The highest BCUT2D eigenvalue weighted by molar-refractivity contribution is 5.84. The smallest absolute Gasteiger partial charge is 0.326 e. The van der Waals surface area contributed by atoms with Crippen LogP contribution in [-0.4, -0.2) is 23.0 Å². The molecule has 6 heteroatoms. The highest BCUT2D eigenvalue weighted by Gasteiger charge is 2.19. The van der Waals surface area contributed by atoms with E-state index in [4.69, 9.17) is 5.11 Å². The SMILES string of the molecule is C=CCC[C@@H](NC(=O)Cc1cc(F)cc(F)c1)C(=O)O. The van der Waals surface area contributed by atoms with Crippen molar-refractivity contribution in [2.75, 3.05) is 0 Å². The molecular weight excluding hydrogens is 268 g/mol. The van der Waals surface area contributed by atoms with Gasteiger partial charge in [0.15, 0.2) is 0 Å². The van der Waals surface area contributed by atoms with Crippen LogP contribution < -0.4 is 5.32 Å². The lowest BCUT2D eigenvalue weighted by Gasteiger charge is -2.13. The van der Waals surface area contributed by atoms with Gasteiger partial charge in [0.2, 0.25) is 5.91 Å². The molecule has 0 bridgehead atoms. The second kappa shape index (κ2) is 7.37. The Hall–Kier alpha value is -2.24. The van der Waals surface area contributed by atoms with Crippen LogP contribution in [0.3, 0.4) is 0 Å². The van der Waals surface area contributed by atoms with Gasteiger partial charge < -0.3 is 10.4 Å². The molecule has 0 fully saturated rings. The number of amides is 1. The number of benzene rings is 1. The summed E-state index contributed by atoms with van der Waals surface area (Å²) >= 11 is 0. The maximum absolute atomic E-state index is 13.0. The second-order valence-corrected chi connectivity index (χ2v) is 4.28. The molecule has 1 aromatic carbocycles. The Labute approximate surface area is 115 Å². The van der Waals surface area contributed by atoms with Crippen molar-refractivity contribution in [3.8, 4) is 0 Å². The first-order valence-electron chi connectivity index (χ1n) is 6.00. The summed E-state index contributed by atoms with van der Waals surface area (Å²) in [5.41, 5.74) is 0.146. The number of rotatable bonds is 7. The number of hydrogen-bond acceptors (Lipinski definition) is 2. The van der Waals surface area contributed by atoms with Crippen LogP contribution in [0.15, 0.2) is 30.9 Å². The number of carboxylic acid groups (broad SMARTS) is 1. The minimum Gasteiger partial charge on any atom is -0.480 e. The highest BCUT2D eigenvalue weighted by Crippen LogP contribution is 2.09. The Bertz CT molecular complexity index is 497. The molecule has 0 spiro atoms. The van der Waals surface area contributed by atoms with Gasteiger partial charge in [-0.25, -0.2) is 13.6 Å². The Morgan fingerprint density at radius 2 is 1.90 bits per heavy atom. The summed E-state index contributed by atoms with van der Waals surface area (Å²) in [5, 5.41) is 11.2. The van der Waals surface area contributed by atoms with Gasteiger partial charge >= 0.3 is 5.97 Å². The number of carboxylic acids is 1. The number of nitrogens with one attached hydrogen (secondary N) is 1. The number of carbonyl (C=O) groups is 2. The molecule has 0 aliphatic heterocycles. The number of carbonyl (C=O) groups excluding carboxylic acids is 1. The zero-order chi connectivity index (χ0) is 15.1. The van der Waals surface area contributed by atoms with Gasteiger partial charge in [0, 0.05) is 6.07 Å². The fourth-order valence-corrected chi connectivity index (χ4v) is 1.69. The van der Waals surface area contributed by atoms with Crippen LogP contribution in [-0.2, 0) is 16.0 Å². The monoisotopic (exact) mass is 283 g/mol. The summed E-state index contributed by atoms with van der Waals surface area (Å²) in [6, 6.07) is 1.72. The summed E-state index contributed by atoms with van der Waals surface area (Å²) in [5.74, 6) is -3.33. The van der Waals surface area contributed by atoms with E-state index in [-0.39, 0.29) is 18.4 Å². The van der Waals surface area contributed by atoms with Gasteiger partial charge in [-0.15, -0.1) is 6.58 Å². The molecule has 0 aromatic heterocycles. The van der Waals surface area contributed by atoms with Crippen LogP contribution in [0.1, 0.15) is 18.4 Å². The van der Waals surface area contributed by atoms with E-state index in [2.05, 4.69) is 11.9 Å². The van der Waals surface area contributed by atoms with Crippen LogP contribution in [0.2, 0.25) is 0 Å². The van der Waals surface area contributed by atoms with Crippen molar-refractivity contribution in [3.63, 3.8) is 0 Å². The van der Waals surface area contributed by atoms with Gasteiger partial charge in [-0.05, 0) is 30.5 Å². The molecule has 0 aliphatic rings. The molecule has 0 radical (unpaired) electrons. The predicted molar refractivity (Wildman–Crippen MR) is 69.1 cm³/mol. The molecule has 20 heavy (non-hydrogen) atoms. The van der Waals surface area contributed by atoms with E-state index in [1.54, 1.807) is 6.08 Å². The normalized spacial score (nSPS) is 11.7. The highest BCUT2D eigenvalue weighted by atomic mass is 19.1. The molecule has 0 unspecified atom stereocenters. The summed E-state index contributed by atoms with van der Waals surface area (Å²) in [6.45, 7) is 3.47. The molecular formula is C14H15F2NO3. The third kappa shape index (κ3) is 5.17. The Balaban J connectivity index is 2.65. The first kappa shape index (κ1) is 15.8. The van der Waals surface area contributed by atoms with Gasteiger partial charge in [-0.1, -0.05) is 6.08 Å². The zero-order valence-corrected chi connectivity index (χ0v) is 10.7. The van der Waals surface area contributed by atoms with E-state index in [0.29, 0.717) is 12.5 Å². The third-order valence-electron chi connectivity index (χ3n) is 2.58. The van der Waals surface area contributed by atoms with E-state index in [0.717, 1.165) is 12.1 Å². The van der Waals surface area contributed by atoms with Crippen molar-refractivity contribution in [3.05, 3.63) is 48.1 Å². The molecule has 4 nitrogen and oxygen atoms in total. The topological polar surface area (TPSA) is 66.4 Å². The number of allylic oxidation sites excluding steroid dienone is 1. The van der Waals surface area contributed by atoms with Crippen molar-refractivity contribution < 1.29 is 23.5 Å². The summed E-state index contributed by atoms with van der Waals surface area (Å²) in [7, 11) is 0. The van der Waals surface area contributed by atoms with Gasteiger partial charge in [0.05, 0.1) is 6.42 Å².